The van der Waals surface area contributed by atoms with Crippen molar-refractivity contribution in [2.24, 2.45) is 0 Å². The zero-order valence-electron chi connectivity index (χ0n) is 18.6. The van der Waals surface area contributed by atoms with E-state index in [9.17, 15) is 19.2 Å². The van der Waals surface area contributed by atoms with Gasteiger partial charge < -0.3 is 19.4 Å². The highest BCUT2D eigenvalue weighted by atomic mass is 32.2. The van der Waals surface area contributed by atoms with Crippen LogP contribution >= 0.6 is 11.8 Å². The third-order valence-corrected chi connectivity index (χ3v) is 6.61. The first kappa shape index (κ1) is 22.9. The average Bonchev–Trinajstić information content (AvgIpc) is 3.14. The van der Waals surface area contributed by atoms with Crippen LogP contribution in [0.5, 0.6) is 0 Å². The molecule has 3 heterocycles. The summed E-state index contributed by atoms with van der Waals surface area (Å²) in [6.07, 6.45) is 2.59. The van der Waals surface area contributed by atoms with Crippen molar-refractivity contribution in [2.45, 2.75) is 0 Å². The van der Waals surface area contributed by atoms with Crippen LogP contribution in [0, 0.1) is 0 Å². The number of fused-ring (bicyclic) bond motifs is 1. The number of para-hydroxylation sites is 3. The van der Waals surface area contributed by atoms with Crippen LogP contribution in [0.2, 0.25) is 0 Å². The predicted molar refractivity (Wildman–Crippen MR) is 133 cm³/mol. The summed E-state index contributed by atoms with van der Waals surface area (Å²) in [5.74, 6) is -1.14. The van der Waals surface area contributed by atoms with E-state index in [4.69, 9.17) is 9.15 Å². The van der Waals surface area contributed by atoms with Crippen LogP contribution in [0.15, 0.2) is 68.9 Å². The average molecular weight is 492 g/mol. The standard InChI is InChI=1S/C25H21N3O6S/c29-22(26-18-6-2-3-7-19(18)27-9-11-33-12-10-27)14-28-24(31)21(35-25(28)32)13-16-15-34-20-8-4-1-5-17(20)23(16)30/h1-8,13,15H,9-12,14H2,(H,26,29)/b21-13+. The molecule has 1 aromatic heterocycles. The van der Waals surface area contributed by atoms with Gasteiger partial charge in [-0.15, -0.1) is 0 Å². The first-order valence-electron chi connectivity index (χ1n) is 11.0. The molecule has 0 aliphatic carbocycles. The summed E-state index contributed by atoms with van der Waals surface area (Å²) in [4.78, 5) is 53.9. The van der Waals surface area contributed by atoms with Gasteiger partial charge in [-0.2, -0.15) is 0 Å². The maximum Gasteiger partial charge on any atom is 0.294 e. The zero-order valence-corrected chi connectivity index (χ0v) is 19.4. The number of hydrogen-bond acceptors (Lipinski definition) is 8. The van der Waals surface area contributed by atoms with Crippen LogP contribution in [-0.2, 0) is 14.3 Å². The lowest BCUT2D eigenvalue weighted by molar-refractivity contribution is -0.127. The van der Waals surface area contributed by atoms with E-state index in [-0.39, 0.29) is 15.9 Å². The van der Waals surface area contributed by atoms with Crippen molar-refractivity contribution in [3.8, 4) is 0 Å². The van der Waals surface area contributed by atoms with E-state index < -0.39 is 23.6 Å². The first-order valence-corrected chi connectivity index (χ1v) is 11.8. The molecule has 2 saturated heterocycles. The number of hydrogen-bond donors (Lipinski definition) is 1. The van der Waals surface area contributed by atoms with E-state index in [1.54, 1.807) is 36.4 Å². The molecule has 1 N–H and O–H groups in total. The van der Waals surface area contributed by atoms with E-state index in [0.29, 0.717) is 54.7 Å². The van der Waals surface area contributed by atoms with Crippen molar-refractivity contribution in [1.82, 2.24) is 4.90 Å². The zero-order chi connectivity index (χ0) is 24.4. The molecule has 2 fully saturated rings. The second kappa shape index (κ2) is 9.77. The topological polar surface area (TPSA) is 109 Å². The number of rotatable bonds is 5. The first-order chi connectivity index (χ1) is 17.0. The highest BCUT2D eigenvalue weighted by Crippen LogP contribution is 2.32. The summed E-state index contributed by atoms with van der Waals surface area (Å²) < 4.78 is 10.9. The summed E-state index contributed by atoms with van der Waals surface area (Å²) in [7, 11) is 0. The number of anilines is 2. The fourth-order valence-corrected chi connectivity index (χ4v) is 4.79. The lowest BCUT2D eigenvalue weighted by atomic mass is 10.1. The van der Waals surface area contributed by atoms with Gasteiger partial charge in [0.1, 0.15) is 18.4 Å². The summed E-state index contributed by atoms with van der Waals surface area (Å²) in [6.45, 7) is 2.15. The highest BCUT2D eigenvalue weighted by molar-refractivity contribution is 8.18. The van der Waals surface area contributed by atoms with E-state index >= 15 is 0 Å². The second-order valence-electron chi connectivity index (χ2n) is 7.95. The predicted octanol–water partition coefficient (Wildman–Crippen LogP) is 3.30. The fourth-order valence-electron chi connectivity index (χ4n) is 3.96. The van der Waals surface area contributed by atoms with Gasteiger partial charge in [-0.05, 0) is 42.1 Å². The van der Waals surface area contributed by atoms with Gasteiger partial charge in [0.2, 0.25) is 5.91 Å². The molecule has 3 amide bonds. The molecular formula is C25H21N3O6S. The Labute approximate surface area is 204 Å². The molecule has 0 bridgehead atoms. The number of nitrogens with zero attached hydrogens (tertiary/aromatic N) is 2. The van der Waals surface area contributed by atoms with Crippen molar-refractivity contribution >= 4 is 57.2 Å². The Morgan fingerprint density at radius 2 is 1.77 bits per heavy atom. The molecule has 2 aliphatic rings. The number of morpholine rings is 1. The summed E-state index contributed by atoms with van der Waals surface area (Å²) in [6, 6.07) is 14.1. The smallest absolute Gasteiger partial charge is 0.294 e. The number of amides is 3. The van der Waals surface area contributed by atoms with E-state index in [1.807, 2.05) is 12.1 Å². The molecule has 2 aliphatic heterocycles. The number of carbonyl (C=O) groups excluding carboxylic acids is 3. The van der Waals surface area contributed by atoms with Gasteiger partial charge in [-0.3, -0.25) is 24.1 Å². The maximum absolute atomic E-state index is 12.9. The lowest BCUT2D eigenvalue weighted by Gasteiger charge is -2.30. The quantitative estimate of drug-likeness (QED) is 0.542. The molecule has 0 radical (unpaired) electrons. The molecule has 2 aromatic carbocycles. The van der Waals surface area contributed by atoms with E-state index in [2.05, 4.69) is 10.2 Å². The van der Waals surface area contributed by atoms with Crippen molar-refractivity contribution in [3.63, 3.8) is 0 Å². The minimum absolute atomic E-state index is 0.0547. The molecule has 10 heteroatoms. The molecule has 5 rings (SSSR count). The van der Waals surface area contributed by atoms with Crippen molar-refractivity contribution < 1.29 is 23.5 Å². The largest absolute Gasteiger partial charge is 0.463 e. The van der Waals surface area contributed by atoms with Crippen LogP contribution in [0.4, 0.5) is 16.2 Å². The lowest BCUT2D eigenvalue weighted by Crippen LogP contribution is -2.38. The molecule has 35 heavy (non-hydrogen) atoms. The van der Waals surface area contributed by atoms with Gasteiger partial charge in [0.05, 0.1) is 40.4 Å². The Balaban J connectivity index is 1.31. The molecule has 0 atom stereocenters. The van der Waals surface area contributed by atoms with Gasteiger partial charge >= 0.3 is 0 Å². The number of thioether (sulfide) groups is 1. The van der Waals surface area contributed by atoms with Crippen LogP contribution < -0.4 is 15.6 Å². The Bertz CT molecular complexity index is 1410. The minimum Gasteiger partial charge on any atom is -0.463 e. The minimum atomic E-state index is -0.635. The van der Waals surface area contributed by atoms with Crippen LogP contribution in [0.1, 0.15) is 5.56 Å². The molecule has 0 unspecified atom stereocenters. The Morgan fingerprint density at radius 1 is 1.03 bits per heavy atom. The molecule has 3 aromatic rings. The summed E-state index contributed by atoms with van der Waals surface area (Å²) in [5, 5.41) is 2.60. The van der Waals surface area contributed by atoms with Crippen molar-refractivity contribution in [3.05, 3.63) is 75.5 Å². The number of carbonyl (C=O) groups is 3. The number of imide groups is 1. The normalized spacial score (nSPS) is 17.4. The monoisotopic (exact) mass is 491 g/mol. The van der Waals surface area contributed by atoms with Crippen molar-refractivity contribution in [1.29, 1.82) is 0 Å². The number of ether oxygens (including phenoxy) is 1. The second-order valence-corrected chi connectivity index (χ2v) is 8.94. The van der Waals surface area contributed by atoms with Crippen LogP contribution in [0.25, 0.3) is 17.0 Å². The van der Waals surface area contributed by atoms with Gasteiger partial charge in [0.15, 0.2) is 5.43 Å². The Hall–Kier alpha value is -3.89. The van der Waals surface area contributed by atoms with Gasteiger partial charge in [-0.25, -0.2) is 0 Å². The molecule has 178 valence electrons. The molecule has 0 spiro atoms. The maximum atomic E-state index is 12.9. The van der Waals surface area contributed by atoms with Crippen LogP contribution in [0.3, 0.4) is 0 Å². The van der Waals surface area contributed by atoms with E-state index in [0.717, 1.165) is 10.6 Å². The Kier molecular flexibility index (Phi) is 6.39. The van der Waals surface area contributed by atoms with Gasteiger partial charge in [-0.1, -0.05) is 24.3 Å². The van der Waals surface area contributed by atoms with Gasteiger partial charge in [0, 0.05) is 13.1 Å². The van der Waals surface area contributed by atoms with Gasteiger partial charge in [0.25, 0.3) is 11.1 Å². The summed E-state index contributed by atoms with van der Waals surface area (Å²) in [5.41, 5.74) is 1.71. The molecule has 9 nitrogen and oxygen atoms in total. The Morgan fingerprint density at radius 3 is 2.60 bits per heavy atom. The van der Waals surface area contributed by atoms with Crippen molar-refractivity contribution in [2.75, 3.05) is 43.1 Å². The summed E-state index contributed by atoms with van der Waals surface area (Å²) >= 11 is 0.681. The van der Waals surface area contributed by atoms with E-state index in [1.165, 1.54) is 12.3 Å². The number of benzene rings is 2. The highest BCUT2D eigenvalue weighted by Gasteiger charge is 2.36. The molecule has 0 saturated carbocycles. The number of nitrogens with one attached hydrogen (secondary N) is 1. The third kappa shape index (κ3) is 4.71. The van der Waals surface area contributed by atoms with Crippen LogP contribution in [-0.4, -0.2) is 54.8 Å². The fraction of sp³-hybridized carbons (Fsp3) is 0.200. The molecular weight excluding hydrogens is 470 g/mol. The SMILES string of the molecule is O=C(CN1C(=O)S/C(=C/c2coc3ccccc3c2=O)C1=O)Nc1ccccc1N1CCOCC1. The third-order valence-electron chi connectivity index (χ3n) is 5.70.